The van der Waals surface area contributed by atoms with Gasteiger partial charge in [0.05, 0.1) is 7.11 Å². The summed E-state index contributed by atoms with van der Waals surface area (Å²) < 4.78 is 10.0. The summed E-state index contributed by atoms with van der Waals surface area (Å²) in [6, 6.07) is 9.35. The molecule has 1 saturated heterocycles. The predicted molar refractivity (Wildman–Crippen MR) is 99.8 cm³/mol. The monoisotopic (exact) mass is 374 g/mol. The first-order valence-corrected chi connectivity index (χ1v) is 8.98. The standard InChI is InChI=1S/C20H26N2O5/c1-3-11-20(18(24)21-14-17(23)26-2)12-7-8-13-22(20)19(25)27-15-16-9-5-4-6-10-16/h3-6,9-10H,1,7-8,11-15H2,2H3,(H,21,24). The lowest BCUT2D eigenvalue weighted by molar-refractivity contribution is -0.143. The Kier molecular flexibility index (Phi) is 7.40. The summed E-state index contributed by atoms with van der Waals surface area (Å²) in [5, 5.41) is 2.58. The van der Waals surface area contributed by atoms with Crippen LogP contribution in [0.2, 0.25) is 0 Å². The molecule has 7 heteroatoms. The van der Waals surface area contributed by atoms with Crippen LogP contribution in [0.1, 0.15) is 31.2 Å². The van der Waals surface area contributed by atoms with Gasteiger partial charge in [-0.3, -0.25) is 14.5 Å². The fourth-order valence-electron chi connectivity index (χ4n) is 3.27. The number of ether oxygens (including phenoxy) is 2. The number of esters is 1. The normalized spacial score (nSPS) is 19.1. The highest BCUT2D eigenvalue weighted by Gasteiger charge is 2.47. The van der Waals surface area contributed by atoms with Crippen molar-refractivity contribution in [3.8, 4) is 0 Å². The molecule has 1 aromatic carbocycles. The number of hydrogen-bond donors (Lipinski definition) is 1. The van der Waals surface area contributed by atoms with Gasteiger partial charge in [0.2, 0.25) is 5.91 Å². The third kappa shape index (κ3) is 5.09. The average Bonchev–Trinajstić information content (AvgIpc) is 2.71. The molecule has 0 bridgehead atoms. The van der Waals surface area contributed by atoms with Gasteiger partial charge >= 0.3 is 12.1 Å². The molecule has 1 heterocycles. The van der Waals surface area contributed by atoms with Gasteiger partial charge in [-0.05, 0) is 31.2 Å². The van der Waals surface area contributed by atoms with Crippen LogP contribution in [0.5, 0.6) is 0 Å². The minimum Gasteiger partial charge on any atom is -0.468 e. The van der Waals surface area contributed by atoms with Crippen LogP contribution in [0.4, 0.5) is 4.79 Å². The molecule has 1 N–H and O–H groups in total. The number of nitrogens with zero attached hydrogens (tertiary/aromatic N) is 1. The summed E-state index contributed by atoms with van der Waals surface area (Å²) in [5.41, 5.74) is -0.241. The lowest BCUT2D eigenvalue weighted by atomic mass is 9.83. The van der Waals surface area contributed by atoms with Gasteiger partial charge < -0.3 is 14.8 Å². The van der Waals surface area contributed by atoms with Gasteiger partial charge in [-0.25, -0.2) is 4.79 Å². The Bertz CT molecular complexity index is 676. The smallest absolute Gasteiger partial charge is 0.411 e. The molecule has 27 heavy (non-hydrogen) atoms. The zero-order valence-corrected chi connectivity index (χ0v) is 15.6. The maximum Gasteiger partial charge on any atom is 0.411 e. The van der Waals surface area contributed by atoms with Crippen molar-refractivity contribution in [1.29, 1.82) is 0 Å². The Hall–Kier alpha value is -2.83. The van der Waals surface area contributed by atoms with Crippen molar-refractivity contribution in [3.05, 3.63) is 48.6 Å². The summed E-state index contributed by atoms with van der Waals surface area (Å²) in [4.78, 5) is 38.5. The van der Waals surface area contributed by atoms with Gasteiger partial charge in [-0.1, -0.05) is 36.4 Å². The molecule has 2 amide bonds. The van der Waals surface area contributed by atoms with E-state index in [1.54, 1.807) is 6.08 Å². The van der Waals surface area contributed by atoms with E-state index in [1.807, 2.05) is 30.3 Å². The molecule has 0 aromatic heterocycles. The van der Waals surface area contributed by atoms with Crippen molar-refractivity contribution < 1.29 is 23.9 Å². The van der Waals surface area contributed by atoms with Crippen molar-refractivity contribution in [3.63, 3.8) is 0 Å². The van der Waals surface area contributed by atoms with E-state index in [9.17, 15) is 14.4 Å². The van der Waals surface area contributed by atoms with E-state index < -0.39 is 23.5 Å². The van der Waals surface area contributed by atoms with E-state index >= 15 is 0 Å². The second-order valence-electron chi connectivity index (χ2n) is 6.43. The SMILES string of the molecule is C=CCC1(C(=O)NCC(=O)OC)CCCCN1C(=O)OCc1ccccc1. The molecule has 0 radical (unpaired) electrons. The average molecular weight is 374 g/mol. The lowest BCUT2D eigenvalue weighted by Gasteiger charge is -2.44. The van der Waals surface area contributed by atoms with Crippen LogP contribution in [0.25, 0.3) is 0 Å². The number of nitrogens with one attached hydrogen (secondary N) is 1. The number of hydrogen-bond acceptors (Lipinski definition) is 5. The van der Waals surface area contributed by atoms with Crippen molar-refractivity contribution >= 4 is 18.0 Å². The number of carbonyl (C=O) groups is 3. The molecule has 1 atom stereocenters. The van der Waals surface area contributed by atoms with Crippen LogP contribution in [-0.2, 0) is 25.7 Å². The molecule has 1 aliphatic rings. The minimum absolute atomic E-state index is 0.129. The van der Waals surface area contributed by atoms with Crippen LogP contribution < -0.4 is 5.32 Å². The first-order valence-electron chi connectivity index (χ1n) is 8.98. The Morgan fingerprint density at radius 1 is 1.26 bits per heavy atom. The number of carbonyl (C=O) groups excluding carboxylic acids is 3. The maximum absolute atomic E-state index is 12.9. The number of amides is 2. The number of benzene rings is 1. The predicted octanol–water partition coefficient (Wildman–Crippen LogP) is 2.41. The van der Waals surface area contributed by atoms with E-state index in [1.165, 1.54) is 12.0 Å². The molecular weight excluding hydrogens is 348 g/mol. The highest BCUT2D eigenvalue weighted by atomic mass is 16.6. The summed E-state index contributed by atoms with van der Waals surface area (Å²) in [6.45, 7) is 4.02. The first kappa shape index (κ1) is 20.5. The summed E-state index contributed by atoms with van der Waals surface area (Å²) in [6.07, 6.45) is 3.40. The molecule has 1 fully saturated rings. The van der Waals surface area contributed by atoms with Gasteiger partial charge in [-0.15, -0.1) is 6.58 Å². The summed E-state index contributed by atoms with van der Waals surface area (Å²) >= 11 is 0. The molecule has 0 aliphatic carbocycles. The third-order valence-corrected chi connectivity index (χ3v) is 4.69. The highest BCUT2D eigenvalue weighted by molar-refractivity contribution is 5.92. The van der Waals surface area contributed by atoms with Crippen molar-refractivity contribution in [2.75, 3.05) is 20.2 Å². The third-order valence-electron chi connectivity index (χ3n) is 4.69. The molecule has 146 valence electrons. The minimum atomic E-state index is -1.11. The van der Waals surface area contributed by atoms with Crippen molar-refractivity contribution in [2.24, 2.45) is 0 Å². The highest BCUT2D eigenvalue weighted by Crippen LogP contribution is 2.33. The first-order chi connectivity index (χ1) is 13.0. The molecular formula is C20H26N2O5. The van der Waals surface area contributed by atoms with Crippen LogP contribution in [0.3, 0.4) is 0 Å². The van der Waals surface area contributed by atoms with Crippen LogP contribution in [-0.4, -0.2) is 48.6 Å². The van der Waals surface area contributed by atoms with Gasteiger partial charge in [0.15, 0.2) is 0 Å². The molecule has 0 spiro atoms. The second-order valence-corrected chi connectivity index (χ2v) is 6.43. The number of piperidine rings is 1. The topological polar surface area (TPSA) is 84.9 Å². The Morgan fingerprint density at radius 2 is 2.00 bits per heavy atom. The van der Waals surface area contributed by atoms with Gasteiger partial charge in [0, 0.05) is 6.54 Å². The van der Waals surface area contributed by atoms with E-state index in [-0.39, 0.29) is 19.6 Å². The Balaban J connectivity index is 2.13. The summed E-state index contributed by atoms with van der Waals surface area (Å²) in [5.74, 6) is -0.949. The lowest BCUT2D eigenvalue weighted by Crippen LogP contribution is -2.63. The summed E-state index contributed by atoms with van der Waals surface area (Å²) in [7, 11) is 1.25. The molecule has 1 aromatic rings. The number of likely N-dealkylation sites (tertiary alicyclic amines) is 1. The second kappa shape index (κ2) is 9.75. The largest absolute Gasteiger partial charge is 0.468 e. The van der Waals surface area contributed by atoms with E-state index in [0.717, 1.165) is 18.4 Å². The molecule has 2 rings (SSSR count). The van der Waals surface area contributed by atoms with Gasteiger partial charge in [0.25, 0.3) is 0 Å². The van der Waals surface area contributed by atoms with Crippen LogP contribution >= 0.6 is 0 Å². The Morgan fingerprint density at radius 3 is 2.67 bits per heavy atom. The quantitative estimate of drug-likeness (QED) is 0.585. The van der Waals surface area contributed by atoms with Crippen LogP contribution in [0.15, 0.2) is 43.0 Å². The maximum atomic E-state index is 12.9. The fraction of sp³-hybridized carbons (Fsp3) is 0.450. The van der Waals surface area contributed by atoms with Crippen LogP contribution in [0, 0.1) is 0 Å². The van der Waals surface area contributed by atoms with Gasteiger partial charge in [0.1, 0.15) is 18.7 Å². The van der Waals surface area contributed by atoms with Crippen molar-refractivity contribution in [2.45, 2.75) is 37.8 Å². The zero-order chi connectivity index (χ0) is 19.7. The molecule has 1 unspecified atom stereocenters. The molecule has 0 saturated carbocycles. The number of methoxy groups -OCH3 is 1. The number of rotatable bonds is 7. The Labute approximate surface area is 159 Å². The van der Waals surface area contributed by atoms with E-state index in [4.69, 9.17) is 4.74 Å². The zero-order valence-electron chi connectivity index (χ0n) is 15.6. The molecule has 1 aliphatic heterocycles. The van der Waals surface area contributed by atoms with Gasteiger partial charge in [-0.2, -0.15) is 0 Å². The van der Waals surface area contributed by atoms with Crippen molar-refractivity contribution in [1.82, 2.24) is 10.2 Å². The fourth-order valence-corrected chi connectivity index (χ4v) is 3.27. The molecule has 7 nitrogen and oxygen atoms in total. The van der Waals surface area contributed by atoms with E-state index in [0.29, 0.717) is 13.0 Å². The van der Waals surface area contributed by atoms with E-state index in [2.05, 4.69) is 16.6 Å².